The van der Waals surface area contributed by atoms with Crippen molar-refractivity contribution in [3.63, 3.8) is 0 Å². The second-order valence-corrected chi connectivity index (χ2v) is 10.2. The van der Waals surface area contributed by atoms with Crippen LogP contribution in [0.25, 0.3) is 0 Å². The van der Waals surface area contributed by atoms with Crippen LogP contribution < -0.4 is 11.1 Å². The Labute approximate surface area is 208 Å². The molecule has 3 N–H and O–H groups in total. The van der Waals surface area contributed by atoms with Crippen molar-refractivity contribution in [1.82, 2.24) is 10.2 Å². The monoisotopic (exact) mass is 471 g/mol. The van der Waals surface area contributed by atoms with Gasteiger partial charge in [-0.1, -0.05) is 122 Å². The SMILES string of the molecule is CCCCCCCCC(N)(CCCCCCCC)N1C(=O)NC(CCC)(c2ccccc2)C1=O. The Morgan fingerprint density at radius 3 is 1.76 bits per heavy atom. The average Bonchev–Trinajstić information content (AvgIpc) is 3.10. The lowest BCUT2D eigenvalue weighted by Gasteiger charge is -2.38. The van der Waals surface area contributed by atoms with E-state index in [0.29, 0.717) is 19.3 Å². The predicted molar refractivity (Wildman–Crippen MR) is 141 cm³/mol. The van der Waals surface area contributed by atoms with Gasteiger partial charge >= 0.3 is 6.03 Å². The summed E-state index contributed by atoms with van der Waals surface area (Å²) in [7, 11) is 0. The van der Waals surface area contributed by atoms with Crippen molar-refractivity contribution < 1.29 is 9.59 Å². The molecular weight excluding hydrogens is 422 g/mol. The lowest BCUT2D eigenvalue weighted by Crippen LogP contribution is -2.59. The molecule has 0 bridgehead atoms. The van der Waals surface area contributed by atoms with E-state index >= 15 is 0 Å². The van der Waals surface area contributed by atoms with Crippen molar-refractivity contribution in [1.29, 1.82) is 0 Å². The summed E-state index contributed by atoms with van der Waals surface area (Å²) in [6.45, 7) is 6.49. The molecule has 0 saturated carbocycles. The number of amides is 3. The Morgan fingerprint density at radius 1 is 0.765 bits per heavy atom. The molecule has 0 aliphatic carbocycles. The minimum absolute atomic E-state index is 0.176. The minimum Gasteiger partial charge on any atom is -0.319 e. The third kappa shape index (κ3) is 7.31. The number of nitrogens with zero attached hydrogens (tertiary/aromatic N) is 1. The van der Waals surface area contributed by atoms with E-state index in [0.717, 1.165) is 37.7 Å². The van der Waals surface area contributed by atoms with E-state index in [2.05, 4.69) is 26.1 Å². The Bertz CT molecular complexity index is 720. The van der Waals surface area contributed by atoms with Crippen LogP contribution in [0.3, 0.4) is 0 Å². The van der Waals surface area contributed by atoms with Crippen LogP contribution in [0.2, 0.25) is 0 Å². The number of nitrogens with two attached hydrogens (primary N) is 1. The van der Waals surface area contributed by atoms with Crippen molar-refractivity contribution >= 4 is 11.9 Å². The zero-order valence-corrected chi connectivity index (χ0v) is 22.0. The highest BCUT2D eigenvalue weighted by Gasteiger charge is 2.56. The molecule has 0 radical (unpaired) electrons. The molecule has 0 spiro atoms. The van der Waals surface area contributed by atoms with Gasteiger partial charge in [-0.2, -0.15) is 0 Å². The summed E-state index contributed by atoms with van der Waals surface area (Å²) in [5.74, 6) is -0.176. The lowest BCUT2D eigenvalue weighted by atomic mass is 9.84. The first-order valence-electron chi connectivity index (χ1n) is 14.0. The normalized spacial score (nSPS) is 18.5. The van der Waals surface area contributed by atoms with Gasteiger partial charge in [-0.15, -0.1) is 0 Å². The molecule has 1 saturated heterocycles. The number of hydrogen-bond acceptors (Lipinski definition) is 3. The molecule has 1 heterocycles. The third-order valence-corrected chi connectivity index (χ3v) is 7.36. The Morgan fingerprint density at radius 2 is 1.26 bits per heavy atom. The standard InChI is InChI=1S/C29H49N3O2/c1-4-7-9-11-13-18-23-28(30,24-19-14-12-10-8-5-2)32-26(33)29(22-6-3,31-27(32)34)25-20-16-15-17-21-25/h15-17,20-21H,4-14,18-19,22-24,30H2,1-3H3,(H,31,34). The molecule has 5 nitrogen and oxygen atoms in total. The molecule has 1 fully saturated rings. The van der Waals surface area contributed by atoms with Gasteiger partial charge in [-0.05, 0) is 37.7 Å². The number of nitrogens with one attached hydrogen (secondary N) is 1. The van der Waals surface area contributed by atoms with Crippen LogP contribution in [-0.4, -0.2) is 22.5 Å². The molecule has 1 aliphatic heterocycles. The highest BCUT2D eigenvalue weighted by molar-refractivity contribution is 6.08. The van der Waals surface area contributed by atoms with E-state index in [1.54, 1.807) is 0 Å². The molecule has 2 rings (SSSR count). The summed E-state index contributed by atoms with van der Waals surface area (Å²) >= 11 is 0. The Balaban J connectivity index is 2.19. The van der Waals surface area contributed by atoms with E-state index in [1.807, 2.05) is 30.3 Å². The fraction of sp³-hybridized carbons (Fsp3) is 0.724. The van der Waals surface area contributed by atoms with Gasteiger partial charge in [0.15, 0.2) is 0 Å². The van der Waals surface area contributed by atoms with Crippen LogP contribution in [-0.2, 0) is 10.3 Å². The summed E-state index contributed by atoms with van der Waals surface area (Å²) in [5, 5.41) is 3.08. The molecule has 0 aromatic heterocycles. The highest BCUT2D eigenvalue weighted by Crippen LogP contribution is 2.38. The number of unbranched alkanes of at least 4 members (excludes halogenated alkanes) is 10. The third-order valence-electron chi connectivity index (χ3n) is 7.36. The fourth-order valence-corrected chi connectivity index (χ4v) is 5.36. The van der Waals surface area contributed by atoms with Crippen LogP contribution in [0.15, 0.2) is 30.3 Å². The first-order chi connectivity index (χ1) is 16.4. The summed E-state index contributed by atoms with van der Waals surface area (Å²) in [6, 6.07) is 9.34. The molecule has 34 heavy (non-hydrogen) atoms. The van der Waals surface area contributed by atoms with Gasteiger partial charge in [0.05, 0.1) is 0 Å². The van der Waals surface area contributed by atoms with E-state index in [1.165, 1.54) is 56.3 Å². The summed E-state index contributed by atoms with van der Waals surface area (Å²) in [4.78, 5) is 28.8. The van der Waals surface area contributed by atoms with Gasteiger partial charge in [0.25, 0.3) is 5.91 Å². The highest BCUT2D eigenvalue weighted by atomic mass is 16.2. The molecule has 5 heteroatoms. The van der Waals surface area contributed by atoms with Gasteiger partial charge < -0.3 is 11.1 Å². The van der Waals surface area contributed by atoms with Gasteiger partial charge in [0.2, 0.25) is 0 Å². The molecule has 1 aromatic carbocycles. The summed E-state index contributed by atoms with van der Waals surface area (Å²) in [5.41, 5.74) is 5.91. The maximum absolute atomic E-state index is 14.0. The second kappa shape index (κ2) is 14.5. The summed E-state index contributed by atoms with van der Waals surface area (Å²) in [6.07, 6.45) is 16.6. The zero-order chi connectivity index (χ0) is 24.9. The lowest BCUT2D eigenvalue weighted by molar-refractivity contribution is -0.136. The van der Waals surface area contributed by atoms with Crippen LogP contribution in [0.4, 0.5) is 4.79 Å². The van der Waals surface area contributed by atoms with Gasteiger partial charge in [0, 0.05) is 0 Å². The van der Waals surface area contributed by atoms with Crippen molar-refractivity contribution in [2.75, 3.05) is 0 Å². The number of imide groups is 1. The first kappa shape index (κ1) is 28.4. The maximum Gasteiger partial charge on any atom is 0.326 e. The molecule has 1 unspecified atom stereocenters. The van der Waals surface area contributed by atoms with Crippen LogP contribution in [0, 0.1) is 0 Å². The minimum atomic E-state index is -1.01. The van der Waals surface area contributed by atoms with Gasteiger partial charge in [-0.3, -0.25) is 4.79 Å². The zero-order valence-electron chi connectivity index (χ0n) is 22.0. The number of hydrogen-bond donors (Lipinski definition) is 2. The quantitative estimate of drug-likeness (QED) is 0.173. The molecular formula is C29H49N3O2. The van der Waals surface area contributed by atoms with Crippen LogP contribution >= 0.6 is 0 Å². The van der Waals surface area contributed by atoms with Crippen molar-refractivity contribution in [3.05, 3.63) is 35.9 Å². The van der Waals surface area contributed by atoms with Gasteiger partial charge in [-0.25, -0.2) is 9.69 Å². The number of carbonyl (C=O) groups is 2. The largest absolute Gasteiger partial charge is 0.326 e. The second-order valence-electron chi connectivity index (χ2n) is 10.2. The molecule has 1 atom stereocenters. The van der Waals surface area contributed by atoms with Gasteiger partial charge in [0.1, 0.15) is 11.2 Å². The molecule has 1 aliphatic rings. The number of carbonyl (C=O) groups excluding carboxylic acids is 2. The first-order valence-corrected chi connectivity index (χ1v) is 14.0. The van der Waals surface area contributed by atoms with Crippen molar-refractivity contribution in [2.45, 2.75) is 135 Å². The van der Waals surface area contributed by atoms with E-state index < -0.39 is 11.2 Å². The van der Waals surface area contributed by atoms with E-state index in [9.17, 15) is 9.59 Å². The topological polar surface area (TPSA) is 75.4 Å². The molecule has 1 aromatic rings. The van der Waals surface area contributed by atoms with Crippen molar-refractivity contribution in [2.24, 2.45) is 5.73 Å². The molecule has 3 amide bonds. The van der Waals surface area contributed by atoms with E-state index in [4.69, 9.17) is 5.73 Å². The number of benzene rings is 1. The smallest absolute Gasteiger partial charge is 0.319 e. The van der Waals surface area contributed by atoms with Crippen LogP contribution in [0.5, 0.6) is 0 Å². The Hall–Kier alpha value is -1.88. The number of urea groups is 1. The average molecular weight is 472 g/mol. The van der Waals surface area contributed by atoms with Crippen molar-refractivity contribution in [3.8, 4) is 0 Å². The van der Waals surface area contributed by atoms with E-state index in [-0.39, 0.29) is 11.9 Å². The summed E-state index contributed by atoms with van der Waals surface area (Å²) < 4.78 is 0. The number of rotatable bonds is 18. The molecule has 192 valence electrons. The predicted octanol–water partition coefficient (Wildman–Crippen LogP) is 7.39. The Kier molecular flexibility index (Phi) is 12.1. The maximum atomic E-state index is 14.0. The fourth-order valence-electron chi connectivity index (χ4n) is 5.36. The van der Waals surface area contributed by atoms with Crippen LogP contribution in [0.1, 0.15) is 129 Å².